The van der Waals surface area contributed by atoms with E-state index in [0.29, 0.717) is 24.2 Å². The van der Waals surface area contributed by atoms with E-state index in [-0.39, 0.29) is 5.12 Å². The molecule has 22 heavy (non-hydrogen) atoms. The average Bonchev–Trinajstić information content (AvgIpc) is 3.09. The zero-order valence-corrected chi connectivity index (χ0v) is 12.5. The number of rotatable bonds is 4. The minimum atomic E-state index is -0.0113. The predicted octanol–water partition coefficient (Wildman–Crippen LogP) is 2.18. The molecule has 7 heteroatoms. The fourth-order valence-electron chi connectivity index (χ4n) is 2.42. The summed E-state index contributed by atoms with van der Waals surface area (Å²) in [4.78, 5) is 20.3. The molecule has 2 aromatic rings. The molecule has 1 N–H and O–H groups in total. The van der Waals surface area contributed by atoms with Gasteiger partial charge in [0.2, 0.25) is 11.1 Å². The molecule has 110 valence electrons. The van der Waals surface area contributed by atoms with Crippen molar-refractivity contribution in [1.82, 2.24) is 14.8 Å². The molecule has 0 bridgehead atoms. The minimum absolute atomic E-state index is 0.0113. The number of aliphatic imine (C=N–C) groups is 1. The monoisotopic (exact) mass is 311 g/mol. The summed E-state index contributed by atoms with van der Waals surface area (Å²) in [6, 6.07) is 10.2. The number of aromatic nitrogens is 3. The number of carbonyl (C=O) groups is 1. The van der Waals surface area contributed by atoms with Crippen LogP contribution in [0.25, 0.3) is 0 Å². The molecule has 0 unspecified atom stereocenters. The van der Waals surface area contributed by atoms with Crippen molar-refractivity contribution in [3.05, 3.63) is 46.9 Å². The van der Waals surface area contributed by atoms with Gasteiger partial charge in [-0.15, -0.1) is 5.10 Å². The maximum Gasteiger partial charge on any atom is 0.250 e. The number of carbonyl (C=O) groups excluding carboxylic acids is 1. The van der Waals surface area contributed by atoms with E-state index in [2.05, 4.69) is 32.5 Å². The summed E-state index contributed by atoms with van der Waals surface area (Å²) in [5.74, 6) is 1.04. The number of allylic oxidation sites excluding steroid dienone is 1. The van der Waals surface area contributed by atoms with Crippen molar-refractivity contribution in [2.75, 3.05) is 11.9 Å². The predicted molar refractivity (Wildman–Crippen MR) is 86.4 cm³/mol. The minimum Gasteiger partial charge on any atom is -0.353 e. The van der Waals surface area contributed by atoms with Gasteiger partial charge in [0.1, 0.15) is 5.71 Å². The third-order valence-electron chi connectivity index (χ3n) is 3.53. The highest BCUT2D eigenvalue weighted by atomic mass is 32.2. The summed E-state index contributed by atoms with van der Waals surface area (Å²) in [5, 5.41) is 9.43. The summed E-state index contributed by atoms with van der Waals surface area (Å²) in [5.41, 5.74) is 2.70. The lowest BCUT2D eigenvalue weighted by Gasteiger charge is -2.09. The van der Waals surface area contributed by atoms with Crippen molar-refractivity contribution in [1.29, 1.82) is 0 Å². The van der Waals surface area contributed by atoms with Crippen molar-refractivity contribution < 1.29 is 4.79 Å². The van der Waals surface area contributed by atoms with Crippen LogP contribution in [-0.2, 0) is 17.8 Å². The molecule has 1 aromatic heterocycles. The Balaban J connectivity index is 1.45. The van der Waals surface area contributed by atoms with Gasteiger partial charge in [0.25, 0.3) is 5.95 Å². The number of hydrogen-bond acceptors (Lipinski definition) is 6. The molecular formula is C15H13N5OS. The molecule has 0 fully saturated rings. The number of fused-ring (bicyclic) bond motifs is 2. The quantitative estimate of drug-likeness (QED) is 0.937. The molecule has 3 heterocycles. The summed E-state index contributed by atoms with van der Waals surface area (Å²) in [6.07, 6.45) is 0.902. The molecule has 0 saturated heterocycles. The molecule has 0 amide bonds. The van der Waals surface area contributed by atoms with Crippen LogP contribution in [0.1, 0.15) is 5.56 Å². The van der Waals surface area contributed by atoms with Gasteiger partial charge in [-0.2, -0.15) is 4.98 Å². The van der Waals surface area contributed by atoms with E-state index in [9.17, 15) is 4.79 Å². The number of nitrogens with one attached hydrogen (secondary N) is 1. The van der Waals surface area contributed by atoms with Crippen molar-refractivity contribution in [3.63, 3.8) is 0 Å². The molecule has 2 aliphatic rings. The van der Waals surface area contributed by atoms with Crippen LogP contribution in [0.2, 0.25) is 0 Å². The first kappa shape index (κ1) is 13.3. The van der Waals surface area contributed by atoms with E-state index in [1.807, 2.05) is 23.6 Å². The number of thioether (sulfide) groups is 1. The highest BCUT2D eigenvalue weighted by molar-refractivity contribution is 8.18. The Labute approximate surface area is 131 Å². The second-order valence-electron chi connectivity index (χ2n) is 5.06. The molecule has 2 aliphatic heterocycles. The second kappa shape index (κ2) is 5.42. The lowest BCUT2D eigenvalue weighted by molar-refractivity contribution is -0.105. The highest BCUT2D eigenvalue weighted by Crippen LogP contribution is 2.30. The van der Waals surface area contributed by atoms with E-state index in [0.717, 1.165) is 18.5 Å². The first-order valence-corrected chi connectivity index (χ1v) is 7.89. The molecule has 4 rings (SSSR count). The maximum atomic E-state index is 11.7. The smallest absolute Gasteiger partial charge is 0.250 e. The number of anilines is 1. The third-order valence-corrected chi connectivity index (χ3v) is 4.34. The van der Waals surface area contributed by atoms with Gasteiger partial charge in [0.05, 0.1) is 6.54 Å². The first-order chi connectivity index (χ1) is 10.8. The Bertz CT molecular complexity index is 794. The Kier molecular flexibility index (Phi) is 3.27. The van der Waals surface area contributed by atoms with Gasteiger partial charge in [0, 0.05) is 12.1 Å². The van der Waals surface area contributed by atoms with E-state index in [1.54, 1.807) is 4.68 Å². The van der Waals surface area contributed by atoms with Gasteiger partial charge in [-0.3, -0.25) is 4.79 Å². The van der Waals surface area contributed by atoms with Gasteiger partial charge < -0.3 is 5.32 Å². The van der Waals surface area contributed by atoms with Crippen LogP contribution in [0.15, 0.2) is 46.3 Å². The average molecular weight is 311 g/mol. The molecule has 0 atom stereocenters. The largest absolute Gasteiger partial charge is 0.353 e. The lowest BCUT2D eigenvalue weighted by Crippen LogP contribution is -2.17. The fourth-order valence-corrected chi connectivity index (χ4v) is 3.14. The van der Waals surface area contributed by atoms with Gasteiger partial charge >= 0.3 is 0 Å². The first-order valence-electron chi connectivity index (χ1n) is 7.01. The number of benzene rings is 1. The SMILES string of the molecule is O=C1SC=C2Cn3nc(NCCc4ccccc4)nc3N=C12. The van der Waals surface area contributed by atoms with Crippen LogP contribution >= 0.6 is 11.8 Å². The Morgan fingerprint density at radius 2 is 2.14 bits per heavy atom. The van der Waals surface area contributed by atoms with Gasteiger partial charge in [-0.05, 0) is 17.4 Å². The Morgan fingerprint density at radius 1 is 1.27 bits per heavy atom. The number of nitrogens with zero attached hydrogens (tertiary/aromatic N) is 4. The van der Waals surface area contributed by atoms with E-state index in [1.165, 1.54) is 17.3 Å². The fraction of sp³-hybridized carbons (Fsp3) is 0.200. The zero-order chi connectivity index (χ0) is 14.9. The molecule has 0 radical (unpaired) electrons. The molecular weight excluding hydrogens is 298 g/mol. The van der Waals surface area contributed by atoms with E-state index in [4.69, 9.17) is 0 Å². The van der Waals surface area contributed by atoms with E-state index < -0.39 is 0 Å². The third kappa shape index (κ3) is 2.43. The topological polar surface area (TPSA) is 72.2 Å². The van der Waals surface area contributed by atoms with Gasteiger partial charge in [0.15, 0.2) is 0 Å². The van der Waals surface area contributed by atoms with Gasteiger partial charge in [-0.25, -0.2) is 9.67 Å². The standard InChI is InChI=1S/C15H13N5OS/c21-13-12-11(9-22-13)8-20-15(17-12)18-14(19-20)16-7-6-10-4-2-1-3-5-10/h1-5,9H,6-8H2,(H,16,19). The van der Waals surface area contributed by atoms with Crippen LogP contribution in [-0.4, -0.2) is 32.1 Å². The molecule has 0 spiro atoms. The van der Waals surface area contributed by atoms with Crippen LogP contribution in [0, 0.1) is 0 Å². The molecule has 0 aliphatic carbocycles. The summed E-state index contributed by atoms with van der Waals surface area (Å²) in [7, 11) is 0. The summed E-state index contributed by atoms with van der Waals surface area (Å²) >= 11 is 1.18. The summed E-state index contributed by atoms with van der Waals surface area (Å²) in [6.45, 7) is 1.31. The summed E-state index contributed by atoms with van der Waals surface area (Å²) < 4.78 is 1.72. The number of hydrogen-bond donors (Lipinski definition) is 1. The van der Waals surface area contributed by atoms with Crippen LogP contribution in [0.5, 0.6) is 0 Å². The Hall–Kier alpha value is -2.41. The second-order valence-corrected chi connectivity index (χ2v) is 5.91. The highest BCUT2D eigenvalue weighted by Gasteiger charge is 2.29. The van der Waals surface area contributed by atoms with Crippen molar-refractivity contribution >= 4 is 34.5 Å². The molecule has 0 saturated carbocycles. The molecule has 1 aromatic carbocycles. The zero-order valence-electron chi connectivity index (χ0n) is 11.7. The van der Waals surface area contributed by atoms with Crippen molar-refractivity contribution in [2.24, 2.45) is 4.99 Å². The lowest BCUT2D eigenvalue weighted by atomic mass is 10.1. The van der Waals surface area contributed by atoms with Crippen LogP contribution in [0.4, 0.5) is 11.9 Å². The van der Waals surface area contributed by atoms with Gasteiger partial charge in [-0.1, -0.05) is 42.1 Å². The van der Waals surface area contributed by atoms with Crippen molar-refractivity contribution in [2.45, 2.75) is 13.0 Å². The van der Waals surface area contributed by atoms with E-state index >= 15 is 0 Å². The van der Waals surface area contributed by atoms with Crippen molar-refractivity contribution in [3.8, 4) is 0 Å². The maximum absolute atomic E-state index is 11.7. The van der Waals surface area contributed by atoms with Crippen LogP contribution < -0.4 is 5.32 Å². The molecule has 6 nitrogen and oxygen atoms in total. The van der Waals surface area contributed by atoms with Crippen LogP contribution in [0.3, 0.4) is 0 Å². The Morgan fingerprint density at radius 3 is 3.00 bits per heavy atom. The normalized spacial score (nSPS) is 15.9.